The van der Waals surface area contributed by atoms with Crippen LogP contribution in [0.3, 0.4) is 0 Å². The van der Waals surface area contributed by atoms with Gasteiger partial charge in [-0.1, -0.05) is 84.7 Å². The molecule has 0 amide bonds. The first-order valence-electron chi connectivity index (χ1n) is 11.8. The minimum Gasteiger partial charge on any atom is -0.205 e. The Morgan fingerprint density at radius 2 is 1.44 bits per heavy atom. The second-order valence-corrected chi connectivity index (χ2v) is 8.44. The molecule has 0 bridgehead atoms. The Morgan fingerprint density at radius 1 is 0.765 bits per heavy atom. The van der Waals surface area contributed by atoms with Crippen LogP contribution >= 0.6 is 0 Å². The molecule has 0 fully saturated rings. The minimum atomic E-state index is -0.265. The van der Waals surface area contributed by atoms with Crippen molar-refractivity contribution in [2.24, 2.45) is 0 Å². The van der Waals surface area contributed by atoms with Crippen molar-refractivity contribution in [2.45, 2.75) is 32.6 Å². The number of benzene rings is 4. The van der Waals surface area contributed by atoms with Crippen molar-refractivity contribution in [1.82, 2.24) is 0 Å². The molecule has 0 aliphatic heterocycles. The molecule has 4 aromatic carbocycles. The topological polar surface area (TPSA) is 0 Å². The normalized spacial score (nSPS) is 10.9. The average Bonchev–Trinajstić information content (AvgIpc) is 2.88. The summed E-state index contributed by atoms with van der Waals surface area (Å²) < 4.78 is 15.2. The van der Waals surface area contributed by atoms with Gasteiger partial charge in [0.05, 0.1) is 5.56 Å². The van der Waals surface area contributed by atoms with E-state index < -0.39 is 0 Å². The lowest BCUT2D eigenvalue weighted by Gasteiger charge is -2.07. The van der Waals surface area contributed by atoms with Crippen LogP contribution in [0.5, 0.6) is 0 Å². The van der Waals surface area contributed by atoms with Crippen LogP contribution < -0.4 is 0 Å². The van der Waals surface area contributed by atoms with Gasteiger partial charge < -0.3 is 0 Å². The molecular formula is C33H29F. The van der Waals surface area contributed by atoms with E-state index in [-0.39, 0.29) is 5.82 Å². The summed E-state index contributed by atoms with van der Waals surface area (Å²) in [5, 5.41) is 1.47. The molecule has 0 atom stereocenters. The third-order valence-electron chi connectivity index (χ3n) is 6.01. The average molecular weight is 445 g/mol. The molecule has 4 aromatic rings. The van der Waals surface area contributed by atoms with Gasteiger partial charge in [0.1, 0.15) is 5.82 Å². The van der Waals surface area contributed by atoms with Crippen molar-refractivity contribution in [3.05, 3.63) is 132 Å². The molecule has 4 rings (SSSR count). The number of hydrogen-bond acceptors (Lipinski definition) is 0. The zero-order valence-corrected chi connectivity index (χ0v) is 19.7. The SMILES string of the molecule is C=CCCc1ccc(C#Cc2ccc3cc(-c4ccc(CC/C=C/C)cc4)ccc3c2F)cc1. The number of aryl methyl sites for hydroxylation is 2. The first-order valence-corrected chi connectivity index (χ1v) is 11.8. The fourth-order valence-electron chi connectivity index (χ4n) is 4.01. The van der Waals surface area contributed by atoms with Gasteiger partial charge in [-0.2, -0.15) is 0 Å². The Kier molecular flexibility index (Phi) is 7.74. The first-order chi connectivity index (χ1) is 16.7. The van der Waals surface area contributed by atoms with Gasteiger partial charge in [0, 0.05) is 10.9 Å². The van der Waals surface area contributed by atoms with E-state index in [1.807, 2.05) is 49.4 Å². The Labute approximate surface area is 202 Å². The molecule has 0 heterocycles. The molecule has 34 heavy (non-hydrogen) atoms. The number of halogens is 1. The molecule has 0 N–H and O–H groups in total. The molecule has 168 valence electrons. The van der Waals surface area contributed by atoms with Gasteiger partial charge in [0.15, 0.2) is 0 Å². The second kappa shape index (κ2) is 11.3. The highest BCUT2D eigenvalue weighted by atomic mass is 19.1. The standard InChI is InChI=1S/C33H29F/c1-3-5-7-9-26-14-17-28(18-15-26)30-22-23-32-31(24-30)21-20-29(33(32)34)19-16-27-12-10-25(11-13-27)8-6-4-2/h3-5,10-15,17-18,20-24H,2,6-9H2,1H3/b5-3+. The van der Waals surface area contributed by atoms with E-state index >= 15 is 4.39 Å². The van der Waals surface area contributed by atoms with Crippen molar-refractivity contribution in [1.29, 1.82) is 0 Å². The van der Waals surface area contributed by atoms with Gasteiger partial charge in [-0.25, -0.2) is 4.39 Å². The Hall–Kier alpha value is -3.89. The number of fused-ring (bicyclic) bond motifs is 1. The van der Waals surface area contributed by atoms with Gasteiger partial charge in [-0.15, -0.1) is 6.58 Å². The van der Waals surface area contributed by atoms with Gasteiger partial charge in [0.2, 0.25) is 0 Å². The molecule has 0 unspecified atom stereocenters. The van der Waals surface area contributed by atoms with Crippen LogP contribution in [-0.4, -0.2) is 0 Å². The highest BCUT2D eigenvalue weighted by Gasteiger charge is 2.08. The summed E-state index contributed by atoms with van der Waals surface area (Å²) in [5.74, 6) is 5.84. The third-order valence-corrected chi connectivity index (χ3v) is 6.01. The smallest absolute Gasteiger partial charge is 0.146 e. The van der Waals surface area contributed by atoms with Crippen molar-refractivity contribution < 1.29 is 4.39 Å². The summed E-state index contributed by atoms with van der Waals surface area (Å²) in [7, 11) is 0. The van der Waals surface area contributed by atoms with E-state index in [2.05, 4.69) is 67.0 Å². The highest BCUT2D eigenvalue weighted by molar-refractivity contribution is 5.89. The van der Waals surface area contributed by atoms with Gasteiger partial charge in [-0.3, -0.25) is 0 Å². The van der Waals surface area contributed by atoms with E-state index in [4.69, 9.17) is 0 Å². The number of hydrogen-bond donors (Lipinski definition) is 0. The fourth-order valence-corrected chi connectivity index (χ4v) is 4.01. The van der Waals surface area contributed by atoms with Crippen LogP contribution in [0, 0.1) is 17.7 Å². The monoisotopic (exact) mass is 444 g/mol. The van der Waals surface area contributed by atoms with Crippen LogP contribution in [0.2, 0.25) is 0 Å². The van der Waals surface area contributed by atoms with E-state index in [0.717, 1.165) is 47.8 Å². The first kappa shape index (κ1) is 23.3. The predicted octanol–water partition coefficient (Wildman–Crippen LogP) is 8.67. The van der Waals surface area contributed by atoms with Crippen LogP contribution in [-0.2, 0) is 12.8 Å². The van der Waals surface area contributed by atoms with E-state index in [0.29, 0.717) is 10.9 Å². The van der Waals surface area contributed by atoms with Crippen molar-refractivity contribution >= 4 is 10.8 Å². The molecule has 0 nitrogen and oxygen atoms in total. The summed E-state index contributed by atoms with van der Waals surface area (Å²) >= 11 is 0. The summed E-state index contributed by atoms with van der Waals surface area (Å²) in [4.78, 5) is 0. The maximum atomic E-state index is 15.2. The maximum absolute atomic E-state index is 15.2. The van der Waals surface area contributed by atoms with Gasteiger partial charge in [0.25, 0.3) is 0 Å². The summed E-state index contributed by atoms with van der Waals surface area (Å²) in [6.45, 7) is 5.81. The van der Waals surface area contributed by atoms with Crippen molar-refractivity contribution in [2.75, 3.05) is 0 Å². The Balaban J connectivity index is 1.53. The Morgan fingerprint density at radius 3 is 2.15 bits per heavy atom. The lowest BCUT2D eigenvalue weighted by molar-refractivity contribution is 0.636. The van der Waals surface area contributed by atoms with E-state index in [1.165, 1.54) is 11.1 Å². The summed E-state index contributed by atoms with van der Waals surface area (Å²) in [6, 6.07) is 26.4. The zero-order valence-electron chi connectivity index (χ0n) is 19.7. The maximum Gasteiger partial charge on any atom is 0.146 e. The third kappa shape index (κ3) is 5.72. The molecule has 0 saturated carbocycles. The molecule has 1 heteroatoms. The molecule has 0 saturated heterocycles. The van der Waals surface area contributed by atoms with E-state index in [9.17, 15) is 0 Å². The lowest BCUT2D eigenvalue weighted by atomic mass is 9.98. The van der Waals surface area contributed by atoms with Gasteiger partial charge in [-0.05, 0) is 84.5 Å². The number of allylic oxidation sites excluding steroid dienone is 3. The molecular weight excluding hydrogens is 415 g/mol. The fraction of sp³-hybridized carbons (Fsp3) is 0.152. The number of rotatable bonds is 7. The van der Waals surface area contributed by atoms with Crippen LogP contribution in [0.4, 0.5) is 4.39 Å². The quantitative estimate of drug-likeness (QED) is 0.198. The zero-order chi connectivity index (χ0) is 23.8. The molecule has 0 aromatic heterocycles. The van der Waals surface area contributed by atoms with Crippen molar-refractivity contribution in [3.8, 4) is 23.0 Å². The minimum absolute atomic E-state index is 0.265. The highest BCUT2D eigenvalue weighted by Crippen LogP contribution is 2.28. The molecule has 0 aliphatic carbocycles. The predicted molar refractivity (Wildman–Crippen MR) is 143 cm³/mol. The lowest BCUT2D eigenvalue weighted by Crippen LogP contribution is -1.89. The molecule has 0 aliphatic rings. The van der Waals surface area contributed by atoms with Crippen molar-refractivity contribution in [3.63, 3.8) is 0 Å². The Bertz CT molecular complexity index is 1360. The van der Waals surface area contributed by atoms with Crippen LogP contribution in [0.25, 0.3) is 21.9 Å². The molecule has 0 radical (unpaired) electrons. The molecule has 0 spiro atoms. The van der Waals surface area contributed by atoms with Crippen LogP contribution in [0.15, 0.2) is 104 Å². The van der Waals surface area contributed by atoms with E-state index in [1.54, 1.807) is 6.07 Å². The summed E-state index contributed by atoms with van der Waals surface area (Å²) in [6.07, 6.45) is 10.2. The van der Waals surface area contributed by atoms with Gasteiger partial charge >= 0.3 is 0 Å². The largest absolute Gasteiger partial charge is 0.205 e. The summed E-state index contributed by atoms with van der Waals surface area (Å²) in [5.41, 5.74) is 6.09. The second-order valence-electron chi connectivity index (χ2n) is 8.44. The van der Waals surface area contributed by atoms with Crippen LogP contribution in [0.1, 0.15) is 42.0 Å².